The number of aromatic nitrogens is 2. The van der Waals surface area contributed by atoms with Gasteiger partial charge in [-0.2, -0.15) is 0 Å². The number of aryl methyl sites for hydroxylation is 1. The number of benzene rings is 2. The molecular formula is C20H21N3O. The second-order valence-corrected chi connectivity index (χ2v) is 5.58. The summed E-state index contributed by atoms with van der Waals surface area (Å²) >= 11 is 0. The molecular weight excluding hydrogens is 298 g/mol. The van der Waals surface area contributed by atoms with E-state index in [1.165, 1.54) is 0 Å². The van der Waals surface area contributed by atoms with Gasteiger partial charge < -0.3 is 10.4 Å². The number of aliphatic hydroxyl groups is 1. The number of hydrogen-bond acceptors (Lipinski definition) is 4. The summed E-state index contributed by atoms with van der Waals surface area (Å²) in [6.07, 6.45) is 1.53. The summed E-state index contributed by atoms with van der Waals surface area (Å²) in [6.45, 7) is 2.25. The SMILES string of the molecule is CCc1cc(Nc2ccc(CCO)cc2)nc(-c2ccccc2)n1. The van der Waals surface area contributed by atoms with Crippen LogP contribution >= 0.6 is 0 Å². The van der Waals surface area contributed by atoms with Gasteiger partial charge >= 0.3 is 0 Å². The number of nitrogens with one attached hydrogen (secondary N) is 1. The van der Waals surface area contributed by atoms with Crippen molar-refractivity contribution < 1.29 is 5.11 Å². The number of aliphatic hydroxyl groups excluding tert-OH is 1. The van der Waals surface area contributed by atoms with Crippen molar-refractivity contribution in [2.24, 2.45) is 0 Å². The first-order valence-corrected chi connectivity index (χ1v) is 8.18. The molecule has 0 atom stereocenters. The van der Waals surface area contributed by atoms with Gasteiger partial charge in [-0.25, -0.2) is 9.97 Å². The van der Waals surface area contributed by atoms with Crippen molar-refractivity contribution in [1.29, 1.82) is 0 Å². The molecule has 0 amide bonds. The topological polar surface area (TPSA) is 58.0 Å². The lowest BCUT2D eigenvalue weighted by molar-refractivity contribution is 0.299. The van der Waals surface area contributed by atoms with Crippen LogP contribution in [0, 0.1) is 0 Å². The Morgan fingerprint density at radius 3 is 2.38 bits per heavy atom. The van der Waals surface area contributed by atoms with E-state index in [4.69, 9.17) is 5.11 Å². The van der Waals surface area contributed by atoms with Gasteiger partial charge in [0.1, 0.15) is 5.82 Å². The number of anilines is 2. The van der Waals surface area contributed by atoms with Crippen molar-refractivity contribution in [2.75, 3.05) is 11.9 Å². The van der Waals surface area contributed by atoms with Crippen molar-refractivity contribution >= 4 is 11.5 Å². The molecule has 0 radical (unpaired) electrons. The highest BCUT2D eigenvalue weighted by atomic mass is 16.2. The largest absolute Gasteiger partial charge is 0.396 e. The fraction of sp³-hybridized carbons (Fsp3) is 0.200. The maximum absolute atomic E-state index is 8.99. The summed E-state index contributed by atoms with van der Waals surface area (Å²) in [7, 11) is 0. The zero-order chi connectivity index (χ0) is 16.8. The number of rotatable bonds is 6. The van der Waals surface area contributed by atoms with E-state index in [1.807, 2.05) is 60.7 Å². The van der Waals surface area contributed by atoms with Gasteiger partial charge in [0.05, 0.1) is 0 Å². The van der Waals surface area contributed by atoms with E-state index in [9.17, 15) is 0 Å². The molecule has 0 aliphatic rings. The molecule has 2 aromatic carbocycles. The highest BCUT2D eigenvalue weighted by Gasteiger charge is 2.06. The molecule has 0 fully saturated rings. The molecule has 0 saturated heterocycles. The third-order valence-corrected chi connectivity index (χ3v) is 3.80. The maximum Gasteiger partial charge on any atom is 0.161 e. The van der Waals surface area contributed by atoms with Crippen molar-refractivity contribution in [1.82, 2.24) is 9.97 Å². The monoisotopic (exact) mass is 319 g/mol. The van der Waals surface area contributed by atoms with Crippen LogP contribution in [0.1, 0.15) is 18.2 Å². The minimum atomic E-state index is 0.166. The average Bonchev–Trinajstić information content (AvgIpc) is 2.64. The van der Waals surface area contributed by atoms with E-state index in [0.29, 0.717) is 6.42 Å². The Bertz CT molecular complexity index is 786. The summed E-state index contributed by atoms with van der Waals surface area (Å²) in [5.41, 5.74) is 4.10. The summed E-state index contributed by atoms with van der Waals surface area (Å²) in [4.78, 5) is 9.27. The van der Waals surface area contributed by atoms with Gasteiger partial charge in [-0.15, -0.1) is 0 Å². The number of hydrogen-bond donors (Lipinski definition) is 2. The lowest BCUT2D eigenvalue weighted by Gasteiger charge is -2.10. The third kappa shape index (κ3) is 3.97. The minimum Gasteiger partial charge on any atom is -0.396 e. The Hall–Kier alpha value is -2.72. The van der Waals surface area contributed by atoms with Crippen molar-refractivity contribution in [2.45, 2.75) is 19.8 Å². The van der Waals surface area contributed by atoms with Crippen molar-refractivity contribution in [3.05, 3.63) is 71.9 Å². The molecule has 4 heteroatoms. The molecule has 1 aromatic heterocycles. The Kier molecular flexibility index (Phi) is 5.18. The standard InChI is InChI=1S/C20H21N3O/c1-2-17-14-19(21-18-10-8-15(9-11-18)12-13-24)23-20(22-17)16-6-4-3-5-7-16/h3-11,14,24H,2,12-13H2,1H3,(H,21,22,23). The van der Waals surface area contributed by atoms with Crippen LogP contribution in [-0.2, 0) is 12.8 Å². The number of nitrogens with zero attached hydrogens (tertiary/aromatic N) is 2. The van der Waals surface area contributed by atoms with Gasteiger partial charge in [-0.3, -0.25) is 0 Å². The third-order valence-electron chi connectivity index (χ3n) is 3.80. The van der Waals surface area contributed by atoms with Crippen LogP contribution in [0.25, 0.3) is 11.4 Å². The lowest BCUT2D eigenvalue weighted by Crippen LogP contribution is -2.01. The Morgan fingerprint density at radius 1 is 0.958 bits per heavy atom. The molecule has 0 unspecified atom stereocenters. The van der Waals surface area contributed by atoms with E-state index >= 15 is 0 Å². The average molecular weight is 319 g/mol. The van der Waals surface area contributed by atoms with Crippen LogP contribution in [0.4, 0.5) is 11.5 Å². The van der Waals surface area contributed by atoms with Crippen LogP contribution in [0.3, 0.4) is 0 Å². The fourth-order valence-corrected chi connectivity index (χ4v) is 2.49. The molecule has 122 valence electrons. The van der Waals surface area contributed by atoms with Gasteiger partial charge in [0.2, 0.25) is 0 Å². The predicted octanol–water partition coefficient (Wildman–Crippen LogP) is 3.98. The summed E-state index contributed by atoms with van der Waals surface area (Å²) in [5.74, 6) is 1.52. The molecule has 0 aliphatic carbocycles. The van der Waals surface area contributed by atoms with E-state index in [0.717, 1.165) is 40.6 Å². The lowest BCUT2D eigenvalue weighted by atomic mass is 10.1. The Balaban J connectivity index is 1.87. The molecule has 2 N–H and O–H groups in total. The van der Waals surface area contributed by atoms with Crippen molar-refractivity contribution in [3.8, 4) is 11.4 Å². The van der Waals surface area contributed by atoms with Crippen LogP contribution < -0.4 is 5.32 Å². The fourth-order valence-electron chi connectivity index (χ4n) is 2.49. The zero-order valence-electron chi connectivity index (χ0n) is 13.7. The van der Waals surface area contributed by atoms with Gasteiger partial charge in [-0.1, -0.05) is 49.4 Å². The molecule has 24 heavy (non-hydrogen) atoms. The molecule has 0 aliphatic heterocycles. The molecule has 0 saturated carbocycles. The highest BCUT2D eigenvalue weighted by molar-refractivity contribution is 5.61. The first-order valence-electron chi connectivity index (χ1n) is 8.18. The van der Waals surface area contributed by atoms with E-state index in [-0.39, 0.29) is 6.61 Å². The van der Waals surface area contributed by atoms with Crippen LogP contribution in [0.2, 0.25) is 0 Å². The molecule has 3 rings (SSSR count). The predicted molar refractivity (Wildman–Crippen MR) is 97.4 cm³/mol. The van der Waals surface area contributed by atoms with E-state index < -0.39 is 0 Å². The van der Waals surface area contributed by atoms with Gasteiger partial charge in [0, 0.05) is 29.6 Å². The first kappa shape index (κ1) is 16.1. The second-order valence-electron chi connectivity index (χ2n) is 5.58. The van der Waals surface area contributed by atoms with Crippen LogP contribution in [0.15, 0.2) is 60.7 Å². The Morgan fingerprint density at radius 2 is 1.71 bits per heavy atom. The molecule has 0 spiro atoms. The van der Waals surface area contributed by atoms with Gasteiger partial charge in [0.15, 0.2) is 5.82 Å². The smallest absolute Gasteiger partial charge is 0.161 e. The van der Waals surface area contributed by atoms with Crippen molar-refractivity contribution in [3.63, 3.8) is 0 Å². The van der Waals surface area contributed by atoms with Crippen LogP contribution in [0.5, 0.6) is 0 Å². The van der Waals surface area contributed by atoms with Gasteiger partial charge in [-0.05, 0) is 30.5 Å². The molecule has 3 aromatic rings. The quantitative estimate of drug-likeness (QED) is 0.721. The second kappa shape index (κ2) is 7.70. The minimum absolute atomic E-state index is 0.166. The highest BCUT2D eigenvalue weighted by Crippen LogP contribution is 2.21. The molecule has 0 bridgehead atoms. The summed E-state index contributed by atoms with van der Waals surface area (Å²) in [6, 6.07) is 20.0. The molecule has 4 nitrogen and oxygen atoms in total. The van der Waals surface area contributed by atoms with E-state index in [2.05, 4.69) is 22.2 Å². The van der Waals surface area contributed by atoms with Gasteiger partial charge in [0.25, 0.3) is 0 Å². The van der Waals surface area contributed by atoms with E-state index in [1.54, 1.807) is 0 Å². The summed E-state index contributed by atoms with van der Waals surface area (Å²) in [5, 5.41) is 12.3. The Labute approximate surface area is 142 Å². The first-order chi connectivity index (χ1) is 11.8. The zero-order valence-corrected chi connectivity index (χ0v) is 13.7. The normalized spacial score (nSPS) is 10.6. The summed E-state index contributed by atoms with van der Waals surface area (Å²) < 4.78 is 0. The maximum atomic E-state index is 8.99. The molecule has 1 heterocycles. The van der Waals surface area contributed by atoms with Crippen LogP contribution in [-0.4, -0.2) is 21.7 Å².